The van der Waals surface area contributed by atoms with Crippen LogP contribution in [0.25, 0.3) is 0 Å². The fourth-order valence-corrected chi connectivity index (χ4v) is 3.92. The van der Waals surface area contributed by atoms with Gasteiger partial charge >= 0.3 is 0 Å². The second-order valence-electron chi connectivity index (χ2n) is 6.38. The van der Waals surface area contributed by atoms with E-state index in [-0.39, 0.29) is 0 Å². The summed E-state index contributed by atoms with van der Waals surface area (Å²) in [5, 5.41) is 9.98. The number of hydrogen-bond donors (Lipinski definition) is 1. The Labute approximate surface area is 109 Å². The molecule has 2 aliphatic carbocycles. The summed E-state index contributed by atoms with van der Waals surface area (Å²) in [4.78, 5) is 2.73. The van der Waals surface area contributed by atoms with Crippen LogP contribution in [0.2, 0.25) is 0 Å². The molecule has 2 nitrogen and oxygen atoms in total. The van der Waals surface area contributed by atoms with E-state index in [0.29, 0.717) is 5.75 Å². The Morgan fingerprint density at radius 3 is 2.89 bits per heavy atom. The lowest BCUT2D eigenvalue weighted by Gasteiger charge is -2.33. The first-order chi connectivity index (χ1) is 8.81. The first-order valence-electron chi connectivity index (χ1n) is 7.35. The summed E-state index contributed by atoms with van der Waals surface area (Å²) in [5.41, 5.74) is 2.62. The number of fused-ring (bicyclic) bond motifs is 2. The molecule has 0 unspecified atom stereocenters. The minimum Gasteiger partial charge on any atom is -0.508 e. The third-order valence-electron chi connectivity index (χ3n) is 5.13. The summed E-state index contributed by atoms with van der Waals surface area (Å²) >= 11 is 0. The molecular formula is C16H21NO. The number of phenols is 1. The number of aromatic hydroxyl groups is 1. The average molecular weight is 243 g/mol. The molecule has 1 aliphatic heterocycles. The minimum absolute atomic E-state index is 0.520. The zero-order valence-corrected chi connectivity index (χ0v) is 10.8. The van der Waals surface area contributed by atoms with Crippen LogP contribution in [0, 0.1) is 11.8 Å². The molecule has 4 rings (SSSR count). The van der Waals surface area contributed by atoms with E-state index in [9.17, 15) is 5.11 Å². The van der Waals surface area contributed by atoms with E-state index < -0.39 is 0 Å². The number of phenolic OH excluding ortho intramolecular Hbond substituents is 1. The molecule has 2 atom stereocenters. The lowest BCUT2D eigenvalue weighted by Crippen LogP contribution is -2.39. The van der Waals surface area contributed by atoms with Crippen LogP contribution >= 0.6 is 0 Å². The van der Waals surface area contributed by atoms with Gasteiger partial charge in [0.1, 0.15) is 5.75 Å². The van der Waals surface area contributed by atoms with Gasteiger partial charge in [-0.1, -0.05) is 12.1 Å². The number of nitrogens with zero attached hydrogens (tertiary/aromatic N) is 1. The van der Waals surface area contributed by atoms with E-state index in [4.69, 9.17) is 0 Å². The Kier molecular flexibility index (Phi) is 2.41. The van der Waals surface area contributed by atoms with Crippen LogP contribution in [-0.2, 0) is 12.8 Å². The van der Waals surface area contributed by atoms with Gasteiger partial charge in [0.15, 0.2) is 0 Å². The van der Waals surface area contributed by atoms with Crippen LogP contribution in [-0.4, -0.2) is 29.1 Å². The molecule has 1 heterocycles. The highest BCUT2D eigenvalue weighted by Gasteiger charge is 2.40. The molecule has 1 N–H and O–H groups in total. The van der Waals surface area contributed by atoms with Crippen molar-refractivity contribution in [3.8, 4) is 5.75 Å². The zero-order valence-electron chi connectivity index (χ0n) is 10.8. The fourth-order valence-electron chi connectivity index (χ4n) is 3.92. The van der Waals surface area contributed by atoms with Crippen LogP contribution < -0.4 is 0 Å². The summed E-state index contributed by atoms with van der Waals surface area (Å²) in [6.45, 7) is 2.61. The summed E-state index contributed by atoms with van der Waals surface area (Å²) in [5.74, 6) is 2.30. The topological polar surface area (TPSA) is 23.5 Å². The van der Waals surface area contributed by atoms with Gasteiger partial charge in [-0.25, -0.2) is 0 Å². The van der Waals surface area contributed by atoms with E-state index in [1.165, 1.54) is 43.5 Å². The first kappa shape index (κ1) is 10.9. The third-order valence-corrected chi connectivity index (χ3v) is 5.13. The van der Waals surface area contributed by atoms with E-state index in [1.807, 2.05) is 12.1 Å². The molecule has 0 bridgehead atoms. The number of rotatable bonds is 2. The summed E-state index contributed by atoms with van der Waals surface area (Å²) < 4.78 is 0. The van der Waals surface area contributed by atoms with Gasteiger partial charge in [-0.15, -0.1) is 0 Å². The highest BCUT2D eigenvalue weighted by atomic mass is 16.3. The lowest BCUT2D eigenvalue weighted by atomic mass is 9.80. The van der Waals surface area contributed by atoms with Gasteiger partial charge < -0.3 is 5.11 Å². The molecule has 1 aromatic carbocycles. The molecule has 96 valence electrons. The number of hydrogen-bond acceptors (Lipinski definition) is 2. The van der Waals surface area contributed by atoms with Crippen LogP contribution in [0.1, 0.15) is 30.4 Å². The summed E-state index contributed by atoms with van der Waals surface area (Å²) in [6, 6.07) is 6.80. The highest BCUT2D eigenvalue weighted by molar-refractivity contribution is 5.42. The van der Waals surface area contributed by atoms with Gasteiger partial charge in [0.2, 0.25) is 0 Å². The molecule has 0 spiro atoms. The van der Waals surface area contributed by atoms with Gasteiger partial charge in [-0.2, -0.15) is 0 Å². The van der Waals surface area contributed by atoms with E-state index in [2.05, 4.69) is 11.0 Å². The summed E-state index contributed by atoms with van der Waals surface area (Å²) in [7, 11) is 0. The standard InChI is InChI=1S/C16H21NO/c18-16-3-1-2-12-9-15-13(8-14(12)16)6-7-17(15)10-11-4-5-11/h1-3,11,13,15,18H,4-10H2/t13-,15-/m1/s1. The van der Waals surface area contributed by atoms with Gasteiger partial charge in [0, 0.05) is 12.6 Å². The van der Waals surface area contributed by atoms with Gasteiger partial charge in [0.25, 0.3) is 0 Å². The molecule has 0 amide bonds. The third kappa shape index (κ3) is 1.74. The second-order valence-corrected chi connectivity index (χ2v) is 6.38. The highest BCUT2D eigenvalue weighted by Crippen LogP contribution is 2.41. The molecule has 0 aromatic heterocycles. The molecule has 2 fully saturated rings. The van der Waals surface area contributed by atoms with Crippen LogP contribution in [0.4, 0.5) is 0 Å². The van der Waals surface area contributed by atoms with Crippen molar-refractivity contribution < 1.29 is 5.11 Å². The maximum atomic E-state index is 9.98. The minimum atomic E-state index is 0.520. The first-order valence-corrected chi connectivity index (χ1v) is 7.35. The maximum absolute atomic E-state index is 9.98. The smallest absolute Gasteiger partial charge is 0.119 e. The molecule has 1 aromatic rings. The van der Waals surface area contributed by atoms with E-state index >= 15 is 0 Å². The normalized spacial score (nSPS) is 31.1. The lowest BCUT2D eigenvalue weighted by molar-refractivity contribution is 0.207. The summed E-state index contributed by atoms with van der Waals surface area (Å²) in [6.07, 6.45) is 6.47. The fraction of sp³-hybridized carbons (Fsp3) is 0.625. The van der Waals surface area contributed by atoms with Crippen molar-refractivity contribution in [1.82, 2.24) is 4.90 Å². The molecule has 1 saturated heterocycles. The molecular weight excluding hydrogens is 222 g/mol. The Balaban J connectivity index is 1.59. The van der Waals surface area contributed by atoms with E-state index in [1.54, 1.807) is 0 Å². The van der Waals surface area contributed by atoms with Crippen LogP contribution in [0.5, 0.6) is 5.75 Å². The van der Waals surface area contributed by atoms with E-state index in [0.717, 1.165) is 30.7 Å². The Hall–Kier alpha value is -1.02. The molecule has 18 heavy (non-hydrogen) atoms. The average Bonchev–Trinajstić information content (AvgIpc) is 3.10. The van der Waals surface area contributed by atoms with Crippen molar-refractivity contribution in [2.75, 3.05) is 13.1 Å². The molecule has 3 aliphatic rings. The predicted molar refractivity (Wildman–Crippen MR) is 71.7 cm³/mol. The van der Waals surface area contributed by atoms with Crippen molar-refractivity contribution in [3.63, 3.8) is 0 Å². The van der Waals surface area contributed by atoms with Gasteiger partial charge in [-0.05, 0) is 67.7 Å². The second kappa shape index (κ2) is 3.99. The SMILES string of the molecule is Oc1cccc2c1C[C@H]1CCN(CC3CC3)[C@@H]1C2. The number of likely N-dealkylation sites (tertiary alicyclic amines) is 1. The monoisotopic (exact) mass is 243 g/mol. The number of benzene rings is 1. The molecule has 1 saturated carbocycles. The van der Waals surface area contributed by atoms with Gasteiger partial charge in [-0.3, -0.25) is 4.90 Å². The van der Waals surface area contributed by atoms with Crippen molar-refractivity contribution >= 4 is 0 Å². The van der Waals surface area contributed by atoms with Crippen LogP contribution in [0.3, 0.4) is 0 Å². The largest absolute Gasteiger partial charge is 0.508 e. The Bertz CT molecular complexity index is 466. The van der Waals surface area contributed by atoms with Crippen molar-refractivity contribution in [1.29, 1.82) is 0 Å². The predicted octanol–water partition coefficient (Wildman–Crippen LogP) is 2.59. The molecule has 2 heteroatoms. The van der Waals surface area contributed by atoms with Crippen molar-refractivity contribution in [2.45, 2.75) is 38.1 Å². The van der Waals surface area contributed by atoms with Gasteiger partial charge in [0.05, 0.1) is 0 Å². The van der Waals surface area contributed by atoms with Crippen LogP contribution in [0.15, 0.2) is 18.2 Å². The Morgan fingerprint density at radius 1 is 1.17 bits per heavy atom. The van der Waals surface area contributed by atoms with Crippen molar-refractivity contribution in [3.05, 3.63) is 29.3 Å². The zero-order chi connectivity index (χ0) is 12.1. The van der Waals surface area contributed by atoms with Crippen molar-refractivity contribution in [2.24, 2.45) is 11.8 Å². The Morgan fingerprint density at radius 2 is 2.06 bits per heavy atom. The molecule has 0 radical (unpaired) electrons. The maximum Gasteiger partial charge on any atom is 0.119 e. The quantitative estimate of drug-likeness (QED) is 0.863.